The number of para-hydroxylation sites is 4. The minimum Gasteiger partial charge on any atom is -0.310 e. The number of anilines is 3. The van der Waals surface area contributed by atoms with Crippen LogP contribution in [-0.2, 0) is 16.2 Å². The van der Waals surface area contributed by atoms with Crippen LogP contribution in [0.5, 0.6) is 0 Å². The summed E-state index contributed by atoms with van der Waals surface area (Å²) in [4.78, 5) is 2.55. The summed E-state index contributed by atoms with van der Waals surface area (Å²) in [5.74, 6) is 0. The van der Waals surface area contributed by atoms with Crippen molar-refractivity contribution in [2.45, 2.75) is 57.8 Å². The Morgan fingerprint density at radius 2 is 0.667 bits per heavy atom. The lowest BCUT2D eigenvalue weighted by molar-refractivity contribution is 0.652. The van der Waals surface area contributed by atoms with Crippen LogP contribution in [0.15, 0.2) is 237 Å². The van der Waals surface area contributed by atoms with Gasteiger partial charge in [0.15, 0.2) is 0 Å². The van der Waals surface area contributed by atoms with Gasteiger partial charge in [-0.2, -0.15) is 0 Å². The summed E-state index contributed by atoms with van der Waals surface area (Å²) in [6.45, 7) is 14.5. The number of aromatic nitrogens is 2. The Kier molecular flexibility index (Phi) is 9.21. The van der Waals surface area contributed by atoms with Crippen LogP contribution in [0.25, 0.3) is 99.5 Å². The number of benzene rings is 11. The molecule has 3 aliphatic carbocycles. The first-order valence-corrected chi connectivity index (χ1v) is 27.7. The third-order valence-electron chi connectivity index (χ3n) is 18.5. The number of hydrogen-bond donors (Lipinski definition) is 0. The molecular formula is C75H57N3. The second-order valence-corrected chi connectivity index (χ2v) is 23.7. The van der Waals surface area contributed by atoms with Crippen molar-refractivity contribution in [1.82, 2.24) is 9.13 Å². The summed E-state index contributed by atoms with van der Waals surface area (Å²) in [5.41, 5.74) is 28.4. The van der Waals surface area contributed by atoms with E-state index >= 15 is 0 Å². The lowest BCUT2D eigenvalue weighted by atomic mass is 9.79. The minimum atomic E-state index is -0.295. The molecule has 0 bridgehead atoms. The molecule has 16 rings (SSSR count). The van der Waals surface area contributed by atoms with Crippen molar-refractivity contribution >= 4 is 60.7 Å². The summed E-state index contributed by atoms with van der Waals surface area (Å²) in [5, 5.41) is 4.96. The summed E-state index contributed by atoms with van der Waals surface area (Å²) in [7, 11) is 0. The Morgan fingerprint density at radius 3 is 1.23 bits per heavy atom. The van der Waals surface area contributed by atoms with Gasteiger partial charge >= 0.3 is 0 Å². The van der Waals surface area contributed by atoms with E-state index in [1.807, 2.05) is 0 Å². The Morgan fingerprint density at radius 1 is 0.269 bits per heavy atom. The highest BCUT2D eigenvalue weighted by molar-refractivity contribution is 6.11. The fraction of sp³-hybridized carbons (Fsp3) is 0.120. The first kappa shape index (κ1) is 45.1. The van der Waals surface area contributed by atoms with Gasteiger partial charge in [-0.15, -0.1) is 0 Å². The fourth-order valence-electron chi connectivity index (χ4n) is 14.6. The van der Waals surface area contributed by atoms with Gasteiger partial charge in [0.2, 0.25) is 0 Å². The van der Waals surface area contributed by atoms with Crippen LogP contribution < -0.4 is 4.90 Å². The second-order valence-electron chi connectivity index (χ2n) is 23.7. The quantitative estimate of drug-likeness (QED) is 0.162. The molecule has 0 amide bonds. The number of fused-ring (bicyclic) bond motifs is 15. The van der Waals surface area contributed by atoms with Crippen molar-refractivity contribution in [3.05, 3.63) is 270 Å². The SMILES string of the molecule is CC1(C)c2ccccc2-c2ccc(N(c3cc(-n4c5ccccc5c5ccccc54)cc(-n4c5ccccc5c5ccccc54)c3)c3ccc4c(c3)C(C)(C)c3cc5c(cc3-4)C(C)(C)c3cccc(-c4ccccc4)c3-5)cc21. The third kappa shape index (κ3) is 6.10. The van der Waals surface area contributed by atoms with E-state index in [2.05, 4.69) is 292 Å². The number of rotatable bonds is 6. The lowest BCUT2D eigenvalue weighted by Crippen LogP contribution is -2.18. The maximum atomic E-state index is 2.57. The molecule has 0 aliphatic heterocycles. The van der Waals surface area contributed by atoms with Crippen LogP contribution in [0.3, 0.4) is 0 Å². The molecule has 2 aromatic heterocycles. The zero-order valence-corrected chi connectivity index (χ0v) is 44.9. The van der Waals surface area contributed by atoms with Crippen molar-refractivity contribution in [2.24, 2.45) is 0 Å². The van der Waals surface area contributed by atoms with Crippen LogP contribution in [0.4, 0.5) is 17.1 Å². The third-order valence-corrected chi connectivity index (χ3v) is 18.5. The number of hydrogen-bond acceptors (Lipinski definition) is 1. The second kappa shape index (κ2) is 15.9. The average molecular weight is 1000 g/mol. The molecule has 0 fully saturated rings. The van der Waals surface area contributed by atoms with E-state index in [1.54, 1.807) is 0 Å². The van der Waals surface area contributed by atoms with Gasteiger partial charge in [0.1, 0.15) is 0 Å². The van der Waals surface area contributed by atoms with Crippen molar-refractivity contribution in [1.29, 1.82) is 0 Å². The van der Waals surface area contributed by atoms with Crippen molar-refractivity contribution < 1.29 is 0 Å². The van der Waals surface area contributed by atoms with E-state index in [-0.39, 0.29) is 16.2 Å². The topological polar surface area (TPSA) is 13.1 Å². The molecule has 3 heteroatoms. The summed E-state index contributed by atoms with van der Waals surface area (Å²) < 4.78 is 4.97. The van der Waals surface area contributed by atoms with Gasteiger partial charge in [0.25, 0.3) is 0 Å². The molecule has 2 heterocycles. The van der Waals surface area contributed by atoms with E-state index < -0.39 is 0 Å². The minimum absolute atomic E-state index is 0.162. The van der Waals surface area contributed by atoms with Crippen LogP contribution in [-0.4, -0.2) is 9.13 Å². The van der Waals surface area contributed by atoms with Crippen LogP contribution in [0.2, 0.25) is 0 Å². The zero-order valence-electron chi connectivity index (χ0n) is 44.9. The summed E-state index contributed by atoms with van der Waals surface area (Å²) in [6.07, 6.45) is 0. The van der Waals surface area contributed by atoms with Gasteiger partial charge in [0, 0.05) is 49.2 Å². The maximum absolute atomic E-state index is 2.57. The van der Waals surface area contributed by atoms with E-state index in [9.17, 15) is 0 Å². The maximum Gasteiger partial charge on any atom is 0.0541 e. The Hall–Kier alpha value is -9.18. The molecule has 3 nitrogen and oxygen atoms in total. The Labute approximate surface area is 455 Å². The molecule has 0 unspecified atom stereocenters. The smallest absolute Gasteiger partial charge is 0.0541 e. The van der Waals surface area contributed by atoms with E-state index in [4.69, 9.17) is 0 Å². The molecule has 0 saturated heterocycles. The molecule has 3 aliphatic rings. The monoisotopic (exact) mass is 999 g/mol. The largest absolute Gasteiger partial charge is 0.310 e. The average Bonchev–Trinajstić information content (AvgIpc) is 4.25. The van der Waals surface area contributed by atoms with Gasteiger partial charge in [0.05, 0.1) is 39.1 Å². The highest BCUT2D eigenvalue weighted by atomic mass is 15.2. The first-order chi connectivity index (χ1) is 38.0. The van der Waals surface area contributed by atoms with Gasteiger partial charge in [-0.25, -0.2) is 0 Å². The summed E-state index contributed by atoms with van der Waals surface area (Å²) in [6, 6.07) is 89.4. The standard InChI is InChI=1S/C75H57N3/c1-73(2)62-29-15-10-23-53(62)54-37-35-47(42-64(54)73)76(48-36-38-55-60-44-67-61(45-66(60)75(5,6)65(55)43-48)72-52(46-21-8-7-9-22-46)28-20-30-63(72)74(67,3)4)49-39-50(77-68-31-16-11-24-56(68)57-25-12-17-32-69(57)77)41-51(40-49)78-70-33-18-13-26-58(70)59-27-14-19-34-71(59)78/h7-45H,1-6H3. The van der Waals surface area contributed by atoms with E-state index in [0.717, 1.165) is 28.4 Å². The zero-order chi connectivity index (χ0) is 52.4. The van der Waals surface area contributed by atoms with Gasteiger partial charge < -0.3 is 14.0 Å². The fourth-order valence-corrected chi connectivity index (χ4v) is 14.6. The normalized spacial score (nSPS) is 14.8. The van der Waals surface area contributed by atoms with Crippen LogP contribution >= 0.6 is 0 Å². The van der Waals surface area contributed by atoms with E-state index in [0.29, 0.717) is 0 Å². The molecular weight excluding hydrogens is 943 g/mol. The van der Waals surface area contributed by atoms with Gasteiger partial charge in [-0.05, 0) is 157 Å². The predicted octanol–water partition coefficient (Wildman–Crippen LogP) is 19.9. The molecule has 0 spiro atoms. The molecule has 11 aromatic carbocycles. The lowest BCUT2D eigenvalue weighted by Gasteiger charge is -2.30. The molecule has 372 valence electrons. The van der Waals surface area contributed by atoms with Crippen LogP contribution in [0.1, 0.15) is 74.9 Å². The highest BCUT2D eigenvalue weighted by Crippen LogP contribution is 2.59. The summed E-state index contributed by atoms with van der Waals surface area (Å²) >= 11 is 0. The van der Waals surface area contributed by atoms with Gasteiger partial charge in [-0.3, -0.25) is 0 Å². The highest BCUT2D eigenvalue weighted by Gasteiger charge is 2.43. The Bertz CT molecular complexity index is 4470. The molecule has 0 N–H and O–H groups in total. The van der Waals surface area contributed by atoms with E-state index in [1.165, 1.54) is 122 Å². The van der Waals surface area contributed by atoms with Crippen molar-refractivity contribution in [3.63, 3.8) is 0 Å². The first-order valence-electron chi connectivity index (χ1n) is 27.7. The molecule has 13 aromatic rings. The van der Waals surface area contributed by atoms with Crippen molar-refractivity contribution in [3.8, 4) is 55.9 Å². The molecule has 0 saturated carbocycles. The Balaban J connectivity index is 0.952. The van der Waals surface area contributed by atoms with Crippen LogP contribution in [0, 0.1) is 0 Å². The molecule has 78 heavy (non-hydrogen) atoms. The van der Waals surface area contributed by atoms with Crippen molar-refractivity contribution in [2.75, 3.05) is 4.90 Å². The predicted molar refractivity (Wildman–Crippen MR) is 328 cm³/mol. The molecule has 0 atom stereocenters. The van der Waals surface area contributed by atoms with Gasteiger partial charge in [-0.1, -0.05) is 199 Å². The number of nitrogens with zero attached hydrogens (tertiary/aromatic N) is 3. The molecule has 0 radical (unpaired) electrons.